The second-order valence-corrected chi connectivity index (χ2v) is 6.60. The molecular weight excluding hydrogens is 338 g/mol. The van der Waals surface area contributed by atoms with Gasteiger partial charge in [0.05, 0.1) is 17.4 Å². The Labute approximate surface area is 152 Å². The van der Waals surface area contributed by atoms with E-state index in [9.17, 15) is 19.7 Å². The van der Waals surface area contributed by atoms with E-state index >= 15 is 0 Å². The molecule has 1 fully saturated rings. The van der Waals surface area contributed by atoms with E-state index in [-0.39, 0.29) is 35.1 Å². The van der Waals surface area contributed by atoms with Crippen molar-refractivity contribution in [1.29, 1.82) is 0 Å². The molecule has 1 amide bonds. The molecule has 1 N–H and O–H groups in total. The lowest BCUT2D eigenvalue weighted by atomic mass is 9.96. The second-order valence-electron chi connectivity index (χ2n) is 6.60. The summed E-state index contributed by atoms with van der Waals surface area (Å²) in [6, 6.07) is 4.46. The molecule has 2 rings (SSSR count). The summed E-state index contributed by atoms with van der Waals surface area (Å²) in [4.78, 5) is 36.8. The lowest BCUT2D eigenvalue weighted by molar-refractivity contribution is -0.384. The molecule has 0 atom stereocenters. The summed E-state index contributed by atoms with van der Waals surface area (Å²) in [5.74, 6) is -0.709. The predicted octanol–water partition coefficient (Wildman–Crippen LogP) is 2.51. The average Bonchev–Trinajstić information content (AvgIpc) is 2.61. The van der Waals surface area contributed by atoms with E-state index in [1.165, 1.54) is 6.07 Å². The Morgan fingerprint density at radius 3 is 2.54 bits per heavy atom. The Balaban J connectivity index is 2.16. The van der Waals surface area contributed by atoms with Crippen LogP contribution in [0, 0.1) is 16.0 Å². The number of piperidine rings is 1. The van der Waals surface area contributed by atoms with Crippen LogP contribution in [-0.4, -0.2) is 42.5 Å². The number of nitro groups is 1. The van der Waals surface area contributed by atoms with Gasteiger partial charge in [-0.05, 0) is 45.7 Å². The fourth-order valence-corrected chi connectivity index (χ4v) is 3.04. The van der Waals surface area contributed by atoms with Crippen LogP contribution in [0.4, 0.5) is 11.4 Å². The van der Waals surface area contributed by atoms with Gasteiger partial charge in [-0.25, -0.2) is 0 Å². The normalized spacial score (nSPS) is 15.0. The Hall–Kier alpha value is -2.64. The third kappa shape index (κ3) is 4.71. The van der Waals surface area contributed by atoms with Crippen molar-refractivity contribution in [3.63, 3.8) is 0 Å². The van der Waals surface area contributed by atoms with Gasteiger partial charge in [0, 0.05) is 30.8 Å². The highest BCUT2D eigenvalue weighted by molar-refractivity contribution is 5.96. The highest BCUT2D eigenvalue weighted by atomic mass is 16.6. The lowest BCUT2D eigenvalue weighted by Crippen LogP contribution is -2.37. The third-order valence-corrected chi connectivity index (χ3v) is 4.31. The smallest absolute Gasteiger partial charge is 0.309 e. The van der Waals surface area contributed by atoms with Gasteiger partial charge in [-0.2, -0.15) is 0 Å². The molecule has 0 bridgehead atoms. The molecule has 142 valence electrons. The number of rotatable bonds is 6. The molecular formula is C18H25N3O5. The number of carbonyl (C=O) groups is 2. The van der Waals surface area contributed by atoms with Gasteiger partial charge < -0.3 is 15.0 Å². The molecule has 26 heavy (non-hydrogen) atoms. The molecule has 8 nitrogen and oxygen atoms in total. The monoisotopic (exact) mass is 363 g/mol. The van der Waals surface area contributed by atoms with Crippen molar-refractivity contribution in [2.45, 2.75) is 39.7 Å². The van der Waals surface area contributed by atoms with Gasteiger partial charge in [0.25, 0.3) is 11.6 Å². The molecule has 1 saturated heterocycles. The minimum atomic E-state index is -0.473. The summed E-state index contributed by atoms with van der Waals surface area (Å²) in [7, 11) is 0. The van der Waals surface area contributed by atoms with Crippen molar-refractivity contribution in [2.75, 3.05) is 24.6 Å². The Morgan fingerprint density at radius 2 is 2.00 bits per heavy atom. The standard InChI is InChI=1S/C18H25N3O5/c1-4-26-18(23)13-7-9-20(10-8-13)15-6-5-14(11-16(15)21(24)25)17(22)19-12(2)3/h5-6,11-13H,4,7-10H2,1-3H3,(H,19,22). The highest BCUT2D eigenvalue weighted by Gasteiger charge is 2.29. The Morgan fingerprint density at radius 1 is 1.35 bits per heavy atom. The van der Waals surface area contributed by atoms with E-state index in [4.69, 9.17) is 4.74 Å². The fraction of sp³-hybridized carbons (Fsp3) is 0.556. The number of nitro benzene ring substituents is 1. The first-order chi connectivity index (χ1) is 12.3. The summed E-state index contributed by atoms with van der Waals surface area (Å²) >= 11 is 0. The number of nitrogens with zero attached hydrogens (tertiary/aromatic N) is 2. The van der Waals surface area contributed by atoms with Gasteiger partial charge in [0.2, 0.25) is 0 Å². The molecule has 1 aliphatic rings. The van der Waals surface area contributed by atoms with Crippen molar-refractivity contribution in [2.24, 2.45) is 5.92 Å². The van der Waals surface area contributed by atoms with Crippen molar-refractivity contribution < 1.29 is 19.2 Å². The maximum atomic E-state index is 12.1. The van der Waals surface area contributed by atoms with Crippen LogP contribution in [0.15, 0.2) is 18.2 Å². The Bertz CT molecular complexity index is 681. The van der Waals surface area contributed by atoms with E-state index in [1.54, 1.807) is 19.1 Å². The zero-order valence-corrected chi connectivity index (χ0v) is 15.4. The Kier molecular flexibility index (Phi) is 6.54. The van der Waals surface area contributed by atoms with Gasteiger partial charge in [-0.3, -0.25) is 19.7 Å². The molecule has 1 heterocycles. The summed E-state index contributed by atoms with van der Waals surface area (Å²) < 4.78 is 5.05. The first-order valence-electron chi connectivity index (χ1n) is 8.84. The molecule has 0 unspecified atom stereocenters. The summed E-state index contributed by atoms with van der Waals surface area (Å²) in [6.45, 7) is 6.84. The van der Waals surface area contributed by atoms with Gasteiger partial charge in [0.1, 0.15) is 5.69 Å². The molecule has 8 heteroatoms. The van der Waals surface area contributed by atoms with E-state index in [0.29, 0.717) is 38.2 Å². The van der Waals surface area contributed by atoms with E-state index in [0.717, 1.165) is 0 Å². The van der Waals surface area contributed by atoms with Crippen LogP contribution >= 0.6 is 0 Å². The summed E-state index contributed by atoms with van der Waals surface area (Å²) in [5, 5.41) is 14.2. The van der Waals surface area contributed by atoms with E-state index in [2.05, 4.69) is 5.32 Å². The minimum absolute atomic E-state index is 0.0527. The highest BCUT2D eigenvalue weighted by Crippen LogP contribution is 2.32. The zero-order chi connectivity index (χ0) is 19.3. The number of anilines is 1. The number of benzene rings is 1. The van der Waals surface area contributed by atoms with Crippen molar-refractivity contribution >= 4 is 23.3 Å². The molecule has 0 radical (unpaired) electrons. The van der Waals surface area contributed by atoms with Crippen molar-refractivity contribution in [3.05, 3.63) is 33.9 Å². The number of esters is 1. The SMILES string of the molecule is CCOC(=O)C1CCN(c2ccc(C(=O)NC(C)C)cc2[N+](=O)[O-])CC1. The quantitative estimate of drug-likeness (QED) is 0.473. The first-order valence-corrected chi connectivity index (χ1v) is 8.84. The minimum Gasteiger partial charge on any atom is -0.466 e. The lowest BCUT2D eigenvalue weighted by Gasteiger charge is -2.32. The topological polar surface area (TPSA) is 102 Å². The van der Waals surface area contributed by atoms with Gasteiger partial charge in [0.15, 0.2) is 0 Å². The van der Waals surface area contributed by atoms with Crippen LogP contribution in [0.5, 0.6) is 0 Å². The van der Waals surface area contributed by atoms with Crippen LogP contribution in [0.3, 0.4) is 0 Å². The maximum absolute atomic E-state index is 12.1. The molecule has 0 saturated carbocycles. The third-order valence-electron chi connectivity index (χ3n) is 4.31. The molecule has 0 spiro atoms. The zero-order valence-electron chi connectivity index (χ0n) is 15.4. The largest absolute Gasteiger partial charge is 0.466 e. The van der Waals surface area contributed by atoms with Crippen LogP contribution in [0.1, 0.15) is 44.0 Å². The molecule has 0 aromatic heterocycles. The van der Waals surface area contributed by atoms with Crippen molar-refractivity contribution in [3.8, 4) is 0 Å². The van der Waals surface area contributed by atoms with Crippen molar-refractivity contribution in [1.82, 2.24) is 5.32 Å². The van der Waals surface area contributed by atoms with Gasteiger partial charge in [-0.15, -0.1) is 0 Å². The molecule has 0 aliphatic carbocycles. The van der Waals surface area contributed by atoms with Gasteiger partial charge in [-0.1, -0.05) is 0 Å². The number of ether oxygens (including phenoxy) is 1. The van der Waals surface area contributed by atoms with E-state index in [1.807, 2.05) is 18.7 Å². The van der Waals surface area contributed by atoms with E-state index < -0.39 is 4.92 Å². The first kappa shape index (κ1) is 19.7. The predicted molar refractivity (Wildman–Crippen MR) is 97.3 cm³/mol. The number of amides is 1. The summed E-state index contributed by atoms with van der Waals surface area (Å²) in [6.07, 6.45) is 1.18. The second kappa shape index (κ2) is 8.64. The van der Waals surface area contributed by atoms with Gasteiger partial charge >= 0.3 is 5.97 Å². The number of hydrogen-bond donors (Lipinski definition) is 1. The average molecular weight is 363 g/mol. The number of carbonyl (C=O) groups excluding carboxylic acids is 2. The van der Waals surface area contributed by atoms with Crippen LogP contribution < -0.4 is 10.2 Å². The number of hydrogen-bond acceptors (Lipinski definition) is 6. The molecule has 1 aliphatic heterocycles. The van der Waals surface area contributed by atoms with Crippen LogP contribution in [-0.2, 0) is 9.53 Å². The fourth-order valence-electron chi connectivity index (χ4n) is 3.04. The molecule has 1 aromatic carbocycles. The maximum Gasteiger partial charge on any atom is 0.309 e. The van der Waals surface area contributed by atoms with Crippen LogP contribution in [0.2, 0.25) is 0 Å². The van der Waals surface area contributed by atoms with Crippen LogP contribution in [0.25, 0.3) is 0 Å². The number of nitrogens with one attached hydrogen (secondary N) is 1. The molecule has 1 aromatic rings. The summed E-state index contributed by atoms with van der Waals surface area (Å²) in [5.41, 5.74) is 0.630.